The van der Waals surface area contributed by atoms with Gasteiger partial charge in [0.25, 0.3) is 0 Å². The third-order valence-electron chi connectivity index (χ3n) is 6.66. The molecule has 34 heavy (non-hydrogen) atoms. The molecule has 0 radical (unpaired) electrons. The third-order valence-corrected chi connectivity index (χ3v) is 6.66. The van der Waals surface area contributed by atoms with Gasteiger partial charge in [-0.2, -0.15) is 0 Å². The van der Waals surface area contributed by atoms with E-state index in [-0.39, 0.29) is 4.92 Å². The van der Waals surface area contributed by atoms with Gasteiger partial charge in [0.05, 0.1) is 5.69 Å². The monoisotopic (exact) mass is 953 g/mol. The van der Waals surface area contributed by atoms with Gasteiger partial charge in [0.15, 0.2) is 0 Å². The number of hydrogen-bond donors (Lipinski definition) is 1. The molecule has 0 aromatic carbocycles. The van der Waals surface area contributed by atoms with E-state index in [9.17, 15) is 0 Å². The van der Waals surface area contributed by atoms with Crippen molar-refractivity contribution in [2.24, 2.45) is 5.16 Å². The molecule has 0 atom stereocenters. The van der Waals surface area contributed by atoms with Gasteiger partial charge in [-0.05, 0) is 125 Å². The van der Waals surface area contributed by atoms with Crippen LogP contribution in [0.3, 0.4) is 0 Å². The van der Waals surface area contributed by atoms with Crippen LogP contribution >= 0.6 is 82.5 Å². The Morgan fingerprint density at radius 1 is 0.676 bits per heavy atom. The van der Waals surface area contributed by atoms with Crippen LogP contribution in [-0.4, -0.2) is 25.8 Å². The summed E-state index contributed by atoms with van der Waals surface area (Å²) in [6.45, 7) is 12.8. The minimum atomic E-state index is -0.278. The van der Waals surface area contributed by atoms with Crippen LogP contribution < -0.4 is 0 Å². The Morgan fingerprint density at radius 3 is 1.71 bits per heavy atom. The summed E-state index contributed by atoms with van der Waals surface area (Å²) in [5.41, 5.74) is 13.5. The summed E-state index contributed by atoms with van der Waals surface area (Å²) in [6.07, 6.45) is 8.04. The number of pyridine rings is 2. The van der Waals surface area contributed by atoms with E-state index in [2.05, 4.69) is 132 Å². The van der Waals surface area contributed by atoms with E-state index in [1.54, 1.807) is 0 Å². The molecule has 0 spiro atoms. The summed E-state index contributed by atoms with van der Waals surface area (Å²) in [6, 6.07) is 0. The van der Waals surface area contributed by atoms with Crippen molar-refractivity contribution in [3.8, 4) is 0 Å². The predicted molar refractivity (Wildman–Crippen MR) is 177 cm³/mol. The van der Waals surface area contributed by atoms with E-state index < -0.39 is 0 Å². The summed E-state index contributed by atoms with van der Waals surface area (Å²) < 4.78 is 0. The first-order valence-corrected chi connectivity index (χ1v) is 27.0. The van der Waals surface area contributed by atoms with Crippen molar-refractivity contribution in [2.75, 3.05) is 4.93 Å². The SMILES string of the molecule is CI.Cc1nc2c(c(C)c1C)CCC/C2=N\O.Cc1nc2c(c(C)c1C)CCCC2.[I][V]([I])[I]. The number of aryl methyl sites for hydroxylation is 3. The molecule has 0 fully saturated rings. The summed E-state index contributed by atoms with van der Waals surface area (Å²) in [7, 11) is 0. The zero-order chi connectivity index (χ0) is 26.0. The standard InChI is InChI=1S/C12H16N2O.C12H17N.CH3I.3HI.V/c1-7-8(2)10-5-4-6-11(14-15)12(10)13-9(7)3;1-8-9(2)11-6-4-5-7-12(11)13-10(8)3;1-2;;;;/h15H,4-6H2,1-3H3;4-7H2,1-3H3;1H3;3*1H;/q;;;;;;+3/p-3/b14-11+;;;;;;. The average Bonchev–Trinajstić information content (AvgIpc) is 2.82. The maximum absolute atomic E-state index is 8.94. The van der Waals surface area contributed by atoms with Gasteiger partial charge in [-0.15, -0.1) is 0 Å². The molecule has 2 aromatic rings. The maximum atomic E-state index is 8.94. The van der Waals surface area contributed by atoms with Crippen molar-refractivity contribution in [2.45, 2.75) is 86.5 Å². The molecule has 4 nitrogen and oxygen atoms in total. The van der Waals surface area contributed by atoms with Gasteiger partial charge in [0, 0.05) is 17.1 Å². The van der Waals surface area contributed by atoms with E-state index >= 15 is 0 Å². The molecule has 9 heteroatoms. The van der Waals surface area contributed by atoms with Crippen molar-refractivity contribution in [3.05, 3.63) is 56.2 Å². The number of aromatic nitrogens is 2. The van der Waals surface area contributed by atoms with E-state index in [1.807, 2.05) is 11.9 Å². The molecule has 2 aliphatic carbocycles. The van der Waals surface area contributed by atoms with Gasteiger partial charge >= 0.3 is 64.9 Å². The number of fused-ring (bicyclic) bond motifs is 2. The second-order valence-corrected chi connectivity index (χ2v) is 43.8. The Bertz CT molecular complexity index is 994. The fourth-order valence-corrected chi connectivity index (χ4v) is 4.39. The van der Waals surface area contributed by atoms with Crippen LogP contribution in [0.5, 0.6) is 0 Å². The molecule has 0 saturated heterocycles. The predicted octanol–water partition coefficient (Wildman–Crippen LogP) is 9.11. The second kappa shape index (κ2) is 17.0. The van der Waals surface area contributed by atoms with Crippen LogP contribution in [0.15, 0.2) is 5.16 Å². The number of halogens is 4. The fourth-order valence-electron chi connectivity index (χ4n) is 4.39. The molecule has 0 saturated carbocycles. The van der Waals surface area contributed by atoms with Crippen LogP contribution in [0.4, 0.5) is 0 Å². The van der Waals surface area contributed by atoms with Gasteiger partial charge in [0.1, 0.15) is 5.71 Å². The van der Waals surface area contributed by atoms with Gasteiger partial charge in [-0.25, -0.2) is 0 Å². The molecule has 1 N–H and O–H groups in total. The van der Waals surface area contributed by atoms with Gasteiger partial charge in [0.2, 0.25) is 0 Å². The van der Waals surface area contributed by atoms with Crippen LogP contribution in [0.25, 0.3) is 0 Å². The summed E-state index contributed by atoms with van der Waals surface area (Å²) in [5.74, 6) is 0. The van der Waals surface area contributed by atoms with E-state index in [1.165, 1.54) is 70.5 Å². The minimum absolute atomic E-state index is 0.278. The molecule has 4 rings (SSSR count). The topological polar surface area (TPSA) is 58.4 Å². The third kappa shape index (κ3) is 9.54. The molecule has 0 amide bonds. The van der Waals surface area contributed by atoms with Crippen molar-refractivity contribution in [1.82, 2.24) is 9.97 Å². The van der Waals surface area contributed by atoms with Crippen molar-refractivity contribution in [1.29, 1.82) is 0 Å². The quantitative estimate of drug-likeness (QED) is 0.124. The first-order chi connectivity index (χ1) is 16.1. The Hall–Kier alpha value is 1.27. The molecular formula is C25H36I4N3OV. The summed E-state index contributed by atoms with van der Waals surface area (Å²) in [4.78, 5) is 10.9. The number of rotatable bonds is 0. The van der Waals surface area contributed by atoms with Crippen molar-refractivity contribution >= 4 is 88.2 Å². The molecule has 0 bridgehead atoms. The Kier molecular flexibility index (Phi) is 16.6. The molecule has 2 aliphatic rings. The summed E-state index contributed by atoms with van der Waals surface area (Å²) in [5, 5.41) is 12.3. The fraction of sp³-hybridized carbons (Fsp3) is 0.560. The number of alkyl halides is 1. The molecule has 0 aliphatic heterocycles. The van der Waals surface area contributed by atoms with Gasteiger partial charge in [-0.1, -0.05) is 27.7 Å². The normalized spacial score (nSPS) is 15.1. The van der Waals surface area contributed by atoms with E-state index in [4.69, 9.17) is 5.21 Å². The Labute approximate surface area is 257 Å². The number of hydrogen-bond acceptors (Lipinski definition) is 4. The Balaban J connectivity index is 0.000000279. The molecular weight excluding hydrogens is 917 g/mol. The van der Waals surface area contributed by atoms with Crippen molar-refractivity contribution < 1.29 is 10.1 Å². The van der Waals surface area contributed by atoms with Gasteiger partial charge in [-0.3, -0.25) is 9.97 Å². The molecule has 2 aromatic heterocycles. The molecule has 190 valence electrons. The first kappa shape index (κ1) is 33.3. The van der Waals surface area contributed by atoms with Crippen LogP contribution in [0, 0.1) is 41.5 Å². The zero-order valence-electron chi connectivity index (χ0n) is 21.2. The van der Waals surface area contributed by atoms with Crippen LogP contribution in [0.1, 0.15) is 81.8 Å². The van der Waals surface area contributed by atoms with E-state index in [0.29, 0.717) is 0 Å². The zero-order valence-corrected chi connectivity index (χ0v) is 31.2. The van der Waals surface area contributed by atoms with Crippen LogP contribution in [0.2, 0.25) is 0 Å². The van der Waals surface area contributed by atoms with Gasteiger partial charge < -0.3 is 5.21 Å². The first-order valence-electron chi connectivity index (χ1n) is 11.4. The number of nitrogens with zero attached hydrogens (tertiary/aromatic N) is 3. The van der Waals surface area contributed by atoms with Crippen molar-refractivity contribution in [3.63, 3.8) is 0 Å². The number of oxime groups is 1. The van der Waals surface area contributed by atoms with E-state index in [0.717, 1.165) is 36.4 Å². The molecule has 2 heterocycles. The second-order valence-electron chi connectivity index (χ2n) is 8.45. The summed E-state index contributed by atoms with van der Waals surface area (Å²) >= 11 is 9.54. The Morgan fingerprint density at radius 2 is 1.15 bits per heavy atom. The average molecular weight is 953 g/mol. The van der Waals surface area contributed by atoms with Crippen LogP contribution in [-0.2, 0) is 24.2 Å². The molecule has 0 unspecified atom stereocenters.